The van der Waals surface area contributed by atoms with Crippen molar-refractivity contribution in [3.8, 4) is 0 Å². The van der Waals surface area contributed by atoms with Gasteiger partial charge in [-0.15, -0.1) is 0 Å². The highest BCUT2D eigenvalue weighted by Crippen LogP contribution is 2.30. The SMILES string of the molecule is Cc1cncc(CC(CN)(CC(C)C)C(=O)O)c1. The Morgan fingerprint density at radius 3 is 2.61 bits per heavy atom. The molecular weight excluding hydrogens is 228 g/mol. The smallest absolute Gasteiger partial charge is 0.311 e. The van der Waals surface area contributed by atoms with E-state index in [1.807, 2.05) is 26.8 Å². The number of nitrogens with two attached hydrogens (primary N) is 1. The first-order chi connectivity index (χ1) is 8.39. The third kappa shape index (κ3) is 3.53. The Balaban J connectivity index is 3.00. The van der Waals surface area contributed by atoms with Gasteiger partial charge in [-0.1, -0.05) is 19.9 Å². The fraction of sp³-hybridized carbons (Fsp3) is 0.571. The molecule has 0 aliphatic carbocycles. The molecule has 1 aromatic rings. The van der Waals surface area contributed by atoms with Gasteiger partial charge in [0.2, 0.25) is 0 Å². The Kier molecular flexibility index (Phi) is 4.84. The van der Waals surface area contributed by atoms with Gasteiger partial charge in [0, 0.05) is 18.9 Å². The first-order valence-corrected chi connectivity index (χ1v) is 6.23. The zero-order valence-electron chi connectivity index (χ0n) is 11.3. The Bertz CT molecular complexity index is 418. The summed E-state index contributed by atoms with van der Waals surface area (Å²) in [5, 5.41) is 9.50. The molecule has 18 heavy (non-hydrogen) atoms. The molecule has 0 bridgehead atoms. The van der Waals surface area contributed by atoms with E-state index in [1.54, 1.807) is 12.4 Å². The number of nitrogens with zero attached hydrogens (tertiary/aromatic N) is 1. The number of aliphatic carboxylic acids is 1. The maximum atomic E-state index is 11.6. The highest BCUT2D eigenvalue weighted by atomic mass is 16.4. The van der Waals surface area contributed by atoms with Gasteiger partial charge in [-0.25, -0.2) is 0 Å². The highest BCUT2D eigenvalue weighted by Gasteiger charge is 2.37. The third-order valence-electron chi connectivity index (χ3n) is 3.12. The van der Waals surface area contributed by atoms with Crippen molar-refractivity contribution >= 4 is 5.97 Å². The second kappa shape index (κ2) is 5.96. The quantitative estimate of drug-likeness (QED) is 0.809. The van der Waals surface area contributed by atoms with Crippen LogP contribution in [0.25, 0.3) is 0 Å². The van der Waals surface area contributed by atoms with Crippen molar-refractivity contribution in [3.05, 3.63) is 29.6 Å². The summed E-state index contributed by atoms with van der Waals surface area (Å²) in [5.41, 5.74) is 6.83. The Hall–Kier alpha value is -1.42. The fourth-order valence-corrected chi connectivity index (χ4v) is 2.36. The van der Waals surface area contributed by atoms with Crippen LogP contribution >= 0.6 is 0 Å². The van der Waals surface area contributed by atoms with Crippen LogP contribution in [0.3, 0.4) is 0 Å². The van der Waals surface area contributed by atoms with Crippen molar-refractivity contribution in [2.24, 2.45) is 17.1 Å². The lowest BCUT2D eigenvalue weighted by molar-refractivity contribution is -0.149. The number of aromatic nitrogens is 1. The van der Waals surface area contributed by atoms with Crippen molar-refractivity contribution in [1.82, 2.24) is 4.98 Å². The first-order valence-electron chi connectivity index (χ1n) is 6.23. The summed E-state index contributed by atoms with van der Waals surface area (Å²) in [4.78, 5) is 15.7. The standard InChI is InChI=1S/C14H22N2O2/c1-10(2)5-14(9-15,13(17)18)6-12-4-11(3)7-16-8-12/h4,7-8,10H,5-6,9,15H2,1-3H3,(H,17,18). The van der Waals surface area contributed by atoms with Crippen molar-refractivity contribution in [2.45, 2.75) is 33.6 Å². The van der Waals surface area contributed by atoms with Gasteiger partial charge in [0.05, 0.1) is 5.41 Å². The Morgan fingerprint density at radius 1 is 1.50 bits per heavy atom. The number of hydrogen-bond acceptors (Lipinski definition) is 3. The van der Waals surface area contributed by atoms with Gasteiger partial charge in [-0.2, -0.15) is 0 Å². The molecule has 4 heteroatoms. The molecule has 0 saturated carbocycles. The van der Waals surface area contributed by atoms with E-state index >= 15 is 0 Å². The summed E-state index contributed by atoms with van der Waals surface area (Å²) in [7, 11) is 0. The van der Waals surface area contributed by atoms with Crippen LogP contribution in [0, 0.1) is 18.3 Å². The molecule has 0 aromatic carbocycles. The van der Waals surface area contributed by atoms with Crippen LogP contribution in [0.15, 0.2) is 18.5 Å². The number of carboxylic acid groups (broad SMARTS) is 1. The van der Waals surface area contributed by atoms with Gasteiger partial charge in [-0.05, 0) is 36.8 Å². The normalized spacial score (nSPS) is 14.5. The molecule has 1 aromatic heterocycles. The van der Waals surface area contributed by atoms with Crippen LogP contribution in [0.4, 0.5) is 0 Å². The molecule has 4 nitrogen and oxygen atoms in total. The van der Waals surface area contributed by atoms with Gasteiger partial charge in [0.1, 0.15) is 0 Å². The van der Waals surface area contributed by atoms with Crippen molar-refractivity contribution in [1.29, 1.82) is 0 Å². The number of hydrogen-bond donors (Lipinski definition) is 2. The van der Waals surface area contributed by atoms with Crippen LogP contribution in [-0.2, 0) is 11.2 Å². The number of carbonyl (C=O) groups is 1. The van der Waals surface area contributed by atoms with Gasteiger partial charge in [0.15, 0.2) is 0 Å². The monoisotopic (exact) mass is 250 g/mol. The van der Waals surface area contributed by atoms with Crippen molar-refractivity contribution in [3.63, 3.8) is 0 Å². The minimum atomic E-state index is -0.885. The minimum Gasteiger partial charge on any atom is -0.481 e. The van der Waals surface area contributed by atoms with Crippen LogP contribution < -0.4 is 5.73 Å². The first kappa shape index (κ1) is 14.6. The summed E-state index contributed by atoms with van der Waals surface area (Å²) in [5.74, 6) is -0.525. The van der Waals surface area contributed by atoms with E-state index < -0.39 is 11.4 Å². The number of rotatable bonds is 6. The van der Waals surface area contributed by atoms with E-state index in [2.05, 4.69) is 4.98 Å². The second-order valence-electron chi connectivity index (χ2n) is 5.43. The molecule has 1 atom stereocenters. The van der Waals surface area contributed by atoms with Crippen LogP contribution in [-0.4, -0.2) is 22.6 Å². The number of carboxylic acids is 1. The average molecular weight is 250 g/mol. The molecule has 100 valence electrons. The maximum Gasteiger partial charge on any atom is 0.311 e. The molecule has 0 saturated heterocycles. The lowest BCUT2D eigenvalue weighted by Crippen LogP contribution is -2.41. The molecule has 1 unspecified atom stereocenters. The topological polar surface area (TPSA) is 76.2 Å². The van der Waals surface area contributed by atoms with Gasteiger partial charge < -0.3 is 10.8 Å². The van der Waals surface area contributed by atoms with Crippen molar-refractivity contribution in [2.75, 3.05) is 6.54 Å². The van der Waals surface area contributed by atoms with Crippen molar-refractivity contribution < 1.29 is 9.90 Å². The van der Waals surface area contributed by atoms with Gasteiger partial charge in [-0.3, -0.25) is 9.78 Å². The maximum absolute atomic E-state index is 11.6. The summed E-state index contributed by atoms with van der Waals surface area (Å²) >= 11 is 0. The number of pyridine rings is 1. The van der Waals surface area contributed by atoms with E-state index in [1.165, 1.54) is 0 Å². The summed E-state index contributed by atoms with van der Waals surface area (Å²) < 4.78 is 0. The van der Waals surface area contributed by atoms with E-state index in [-0.39, 0.29) is 6.54 Å². The summed E-state index contributed by atoms with van der Waals surface area (Å²) in [6.07, 6.45) is 4.50. The zero-order chi connectivity index (χ0) is 13.8. The predicted octanol–water partition coefficient (Wildman–Crippen LogP) is 2.01. The molecular formula is C14H22N2O2. The van der Waals surface area contributed by atoms with Gasteiger partial charge >= 0.3 is 5.97 Å². The van der Waals surface area contributed by atoms with E-state index in [0.717, 1.165) is 11.1 Å². The molecule has 0 fully saturated rings. The minimum absolute atomic E-state index is 0.147. The third-order valence-corrected chi connectivity index (χ3v) is 3.12. The zero-order valence-corrected chi connectivity index (χ0v) is 11.3. The lowest BCUT2D eigenvalue weighted by Gasteiger charge is -2.29. The van der Waals surface area contributed by atoms with E-state index in [9.17, 15) is 9.90 Å². The number of aryl methyl sites for hydroxylation is 1. The molecule has 1 heterocycles. The predicted molar refractivity (Wildman–Crippen MR) is 71.3 cm³/mol. The van der Waals surface area contributed by atoms with E-state index in [4.69, 9.17) is 5.73 Å². The molecule has 0 aliphatic rings. The van der Waals surface area contributed by atoms with Crippen LogP contribution in [0.5, 0.6) is 0 Å². The second-order valence-corrected chi connectivity index (χ2v) is 5.43. The van der Waals surface area contributed by atoms with E-state index in [0.29, 0.717) is 18.8 Å². The van der Waals surface area contributed by atoms with Gasteiger partial charge in [0.25, 0.3) is 0 Å². The molecule has 0 spiro atoms. The molecule has 3 N–H and O–H groups in total. The van der Waals surface area contributed by atoms with Crippen LogP contribution in [0.2, 0.25) is 0 Å². The fourth-order valence-electron chi connectivity index (χ4n) is 2.36. The average Bonchev–Trinajstić information content (AvgIpc) is 2.27. The largest absolute Gasteiger partial charge is 0.481 e. The lowest BCUT2D eigenvalue weighted by atomic mass is 9.75. The molecule has 0 radical (unpaired) electrons. The summed E-state index contributed by atoms with van der Waals surface area (Å²) in [6, 6.07) is 1.97. The summed E-state index contributed by atoms with van der Waals surface area (Å²) in [6.45, 7) is 6.13. The highest BCUT2D eigenvalue weighted by molar-refractivity contribution is 5.75. The molecule has 0 amide bonds. The Labute approximate surface area is 108 Å². The van der Waals surface area contributed by atoms with Crippen LogP contribution in [0.1, 0.15) is 31.4 Å². The Morgan fingerprint density at radius 2 is 2.17 bits per heavy atom. The molecule has 0 aliphatic heterocycles. The molecule has 1 rings (SSSR count).